The lowest BCUT2D eigenvalue weighted by molar-refractivity contribution is -0.140. The fourth-order valence-electron chi connectivity index (χ4n) is 3.89. The number of hydrogen-bond acceptors (Lipinski definition) is 3. The molecule has 2 atom stereocenters. The van der Waals surface area contributed by atoms with Crippen molar-refractivity contribution in [1.82, 2.24) is 9.80 Å². The van der Waals surface area contributed by atoms with Gasteiger partial charge in [-0.2, -0.15) is 0 Å². The summed E-state index contributed by atoms with van der Waals surface area (Å²) in [6, 6.07) is 9.58. The molecule has 1 heterocycles. The lowest BCUT2D eigenvalue weighted by Crippen LogP contribution is -2.64. The van der Waals surface area contributed by atoms with Gasteiger partial charge in [0.15, 0.2) is 0 Å². The van der Waals surface area contributed by atoms with Gasteiger partial charge in [-0.15, -0.1) is 0 Å². The summed E-state index contributed by atoms with van der Waals surface area (Å²) < 4.78 is 0. The highest BCUT2D eigenvalue weighted by Gasteiger charge is 2.44. The van der Waals surface area contributed by atoms with Gasteiger partial charge in [0, 0.05) is 11.6 Å². The summed E-state index contributed by atoms with van der Waals surface area (Å²) in [5.74, 6) is -0.163. The Morgan fingerprint density at radius 3 is 2.50 bits per heavy atom. The normalized spacial score (nSPS) is 25.9. The average Bonchev–Trinajstić information content (AvgIpc) is 2.55. The summed E-state index contributed by atoms with van der Waals surface area (Å²) in [6.07, 6.45) is 5.38. The van der Waals surface area contributed by atoms with Crippen LogP contribution >= 0.6 is 0 Å². The van der Waals surface area contributed by atoms with E-state index in [1.807, 2.05) is 18.2 Å². The molecule has 3 rings (SSSR count). The quantitative estimate of drug-likeness (QED) is 0.806. The highest BCUT2D eigenvalue weighted by molar-refractivity contribution is 6.06. The van der Waals surface area contributed by atoms with Crippen LogP contribution in [-0.2, 0) is 4.79 Å². The Morgan fingerprint density at radius 1 is 1.14 bits per heavy atom. The molecule has 0 radical (unpaired) electrons. The SMILES string of the molecule is CCCN1CC(=O)N(C(=O)c2ccccc2)C2CCCCC21. The zero-order valence-corrected chi connectivity index (χ0v) is 13.2. The van der Waals surface area contributed by atoms with E-state index in [-0.39, 0.29) is 17.9 Å². The topological polar surface area (TPSA) is 40.6 Å². The Labute approximate surface area is 132 Å². The van der Waals surface area contributed by atoms with E-state index in [2.05, 4.69) is 11.8 Å². The van der Waals surface area contributed by atoms with Gasteiger partial charge in [0.05, 0.1) is 12.6 Å². The van der Waals surface area contributed by atoms with Gasteiger partial charge in [-0.1, -0.05) is 38.0 Å². The number of carbonyl (C=O) groups is 2. The van der Waals surface area contributed by atoms with E-state index in [1.54, 1.807) is 17.0 Å². The molecule has 0 bridgehead atoms. The van der Waals surface area contributed by atoms with Gasteiger partial charge in [0.1, 0.15) is 0 Å². The van der Waals surface area contributed by atoms with Gasteiger partial charge >= 0.3 is 0 Å². The molecule has 2 fully saturated rings. The predicted octanol–water partition coefficient (Wildman–Crippen LogP) is 2.69. The van der Waals surface area contributed by atoms with Crippen LogP contribution in [0.1, 0.15) is 49.4 Å². The molecule has 0 spiro atoms. The molecule has 4 nitrogen and oxygen atoms in total. The summed E-state index contributed by atoms with van der Waals surface area (Å²) in [7, 11) is 0. The third kappa shape index (κ3) is 2.80. The first-order valence-corrected chi connectivity index (χ1v) is 8.38. The summed E-state index contributed by atoms with van der Waals surface area (Å²) in [4.78, 5) is 29.3. The summed E-state index contributed by atoms with van der Waals surface area (Å²) in [5, 5.41) is 0. The van der Waals surface area contributed by atoms with E-state index in [9.17, 15) is 9.59 Å². The summed E-state index contributed by atoms with van der Waals surface area (Å²) >= 11 is 0. The molecular weight excluding hydrogens is 276 g/mol. The van der Waals surface area contributed by atoms with E-state index in [1.165, 1.54) is 6.42 Å². The molecule has 1 aromatic rings. The largest absolute Gasteiger partial charge is 0.289 e. The van der Waals surface area contributed by atoms with Crippen LogP contribution in [0, 0.1) is 0 Å². The number of fused-ring (bicyclic) bond motifs is 1. The van der Waals surface area contributed by atoms with Crippen LogP contribution < -0.4 is 0 Å². The minimum atomic E-state index is -0.126. The van der Waals surface area contributed by atoms with Crippen LogP contribution in [-0.4, -0.2) is 46.8 Å². The van der Waals surface area contributed by atoms with E-state index < -0.39 is 0 Å². The molecule has 2 aliphatic rings. The number of benzene rings is 1. The molecule has 1 saturated heterocycles. The van der Waals surface area contributed by atoms with Gasteiger partial charge in [-0.3, -0.25) is 19.4 Å². The zero-order valence-electron chi connectivity index (χ0n) is 13.2. The molecule has 2 amide bonds. The maximum Gasteiger partial charge on any atom is 0.260 e. The smallest absolute Gasteiger partial charge is 0.260 e. The van der Waals surface area contributed by atoms with Crippen molar-refractivity contribution in [1.29, 1.82) is 0 Å². The Hall–Kier alpha value is -1.68. The summed E-state index contributed by atoms with van der Waals surface area (Å²) in [6.45, 7) is 3.47. The number of amides is 2. The van der Waals surface area contributed by atoms with Crippen molar-refractivity contribution in [3.8, 4) is 0 Å². The van der Waals surface area contributed by atoms with Gasteiger partial charge < -0.3 is 0 Å². The molecule has 1 aliphatic heterocycles. The molecule has 4 heteroatoms. The number of imide groups is 1. The molecule has 2 unspecified atom stereocenters. The van der Waals surface area contributed by atoms with Crippen LogP contribution in [0.3, 0.4) is 0 Å². The highest BCUT2D eigenvalue weighted by atomic mass is 16.2. The van der Waals surface area contributed by atoms with Gasteiger partial charge in [0.25, 0.3) is 5.91 Å². The van der Waals surface area contributed by atoms with Crippen molar-refractivity contribution < 1.29 is 9.59 Å². The Kier molecular flexibility index (Phi) is 4.57. The lowest BCUT2D eigenvalue weighted by Gasteiger charge is -2.48. The number of carbonyl (C=O) groups excluding carboxylic acids is 2. The number of hydrogen-bond donors (Lipinski definition) is 0. The van der Waals surface area contributed by atoms with Crippen molar-refractivity contribution in [3.63, 3.8) is 0 Å². The molecule has 1 saturated carbocycles. The summed E-state index contributed by atoms with van der Waals surface area (Å²) in [5.41, 5.74) is 0.615. The minimum absolute atomic E-state index is 0.0366. The van der Waals surface area contributed by atoms with Crippen molar-refractivity contribution in [3.05, 3.63) is 35.9 Å². The molecule has 0 N–H and O–H groups in total. The molecule has 0 aromatic heterocycles. The number of piperazine rings is 1. The standard InChI is InChI=1S/C18H24N2O2/c1-2-12-19-13-17(21)20(16-11-7-6-10-15(16)19)18(22)14-8-4-3-5-9-14/h3-5,8-9,15-16H,2,6-7,10-13H2,1H3. The second-order valence-corrected chi connectivity index (χ2v) is 6.32. The van der Waals surface area contributed by atoms with Crippen molar-refractivity contribution in [2.75, 3.05) is 13.1 Å². The second kappa shape index (κ2) is 6.61. The minimum Gasteiger partial charge on any atom is -0.289 e. The number of rotatable bonds is 3. The van der Waals surface area contributed by atoms with Gasteiger partial charge in [0.2, 0.25) is 5.91 Å². The molecule has 22 heavy (non-hydrogen) atoms. The fourth-order valence-corrected chi connectivity index (χ4v) is 3.89. The Morgan fingerprint density at radius 2 is 1.82 bits per heavy atom. The molecule has 1 aliphatic carbocycles. The first kappa shape index (κ1) is 15.2. The van der Waals surface area contributed by atoms with Crippen LogP contribution in [0.5, 0.6) is 0 Å². The van der Waals surface area contributed by atoms with Crippen LogP contribution in [0.4, 0.5) is 0 Å². The highest BCUT2D eigenvalue weighted by Crippen LogP contribution is 2.31. The molecule has 1 aromatic carbocycles. The van der Waals surface area contributed by atoms with Crippen LogP contribution in [0.2, 0.25) is 0 Å². The molecular formula is C18H24N2O2. The van der Waals surface area contributed by atoms with E-state index in [0.717, 1.165) is 32.2 Å². The first-order chi connectivity index (χ1) is 10.7. The lowest BCUT2D eigenvalue weighted by atomic mass is 9.85. The zero-order chi connectivity index (χ0) is 15.5. The van der Waals surface area contributed by atoms with Crippen molar-refractivity contribution in [2.45, 2.75) is 51.1 Å². The molecule has 118 valence electrons. The second-order valence-electron chi connectivity index (χ2n) is 6.32. The van der Waals surface area contributed by atoms with Gasteiger partial charge in [-0.05, 0) is 37.9 Å². The third-order valence-electron chi connectivity index (χ3n) is 4.85. The van der Waals surface area contributed by atoms with E-state index in [4.69, 9.17) is 0 Å². The van der Waals surface area contributed by atoms with Crippen LogP contribution in [0.15, 0.2) is 30.3 Å². The van der Waals surface area contributed by atoms with Crippen molar-refractivity contribution >= 4 is 11.8 Å². The Bertz CT molecular complexity index is 543. The predicted molar refractivity (Wildman–Crippen MR) is 85.5 cm³/mol. The third-order valence-corrected chi connectivity index (χ3v) is 4.85. The fraction of sp³-hybridized carbons (Fsp3) is 0.556. The maximum atomic E-state index is 12.8. The van der Waals surface area contributed by atoms with E-state index >= 15 is 0 Å². The maximum absolute atomic E-state index is 12.8. The van der Waals surface area contributed by atoms with E-state index in [0.29, 0.717) is 18.2 Å². The average molecular weight is 300 g/mol. The monoisotopic (exact) mass is 300 g/mol. The van der Waals surface area contributed by atoms with Crippen LogP contribution in [0.25, 0.3) is 0 Å². The van der Waals surface area contributed by atoms with Crippen molar-refractivity contribution in [2.24, 2.45) is 0 Å². The number of nitrogens with zero attached hydrogens (tertiary/aromatic N) is 2. The Balaban J connectivity index is 1.87. The van der Waals surface area contributed by atoms with Gasteiger partial charge in [-0.25, -0.2) is 0 Å². The first-order valence-electron chi connectivity index (χ1n) is 8.38.